The number of rotatable bonds is 5. The largest absolute Gasteiger partial charge is 0.299 e. The van der Waals surface area contributed by atoms with Gasteiger partial charge in [0, 0.05) is 51.0 Å². The van der Waals surface area contributed by atoms with Gasteiger partial charge in [0.25, 0.3) is 5.56 Å². The zero-order chi connectivity index (χ0) is 17.9. The summed E-state index contributed by atoms with van der Waals surface area (Å²) in [7, 11) is 0. The van der Waals surface area contributed by atoms with Crippen LogP contribution < -0.4 is 5.56 Å². The minimum Gasteiger partial charge on any atom is -0.299 e. The molecule has 0 aromatic carbocycles. The molecule has 7 heteroatoms. The number of aromatic nitrogens is 4. The number of hydrogen-bond acceptors (Lipinski definition) is 5. The fourth-order valence-corrected chi connectivity index (χ4v) is 3.95. The van der Waals surface area contributed by atoms with Crippen molar-refractivity contribution < 1.29 is 0 Å². The van der Waals surface area contributed by atoms with Gasteiger partial charge < -0.3 is 0 Å². The average molecular weight is 356 g/mol. The lowest BCUT2D eigenvalue weighted by molar-refractivity contribution is 0.121. The van der Waals surface area contributed by atoms with Crippen molar-refractivity contribution in [2.24, 2.45) is 0 Å². The molecule has 2 aliphatic rings. The molecule has 2 aromatic heterocycles. The Balaban J connectivity index is 1.28. The zero-order valence-electron chi connectivity index (χ0n) is 15.6. The number of aromatic amines is 1. The molecule has 1 fully saturated rings. The quantitative estimate of drug-likeness (QED) is 0.865. The Morgan fingerprint density at radius 2 is 1.81 bits per heavy atom. The fraction of sp³-hybridized carbons (Fsp3) is 0.632. The first-order valence-electron chi connectivity index (χ1n) is 9.73. The van der Waals surface area contributed by atoms with E-state index < -0.39 is 0 Å². The van der Waals surface area contributed by atoms with E-state index in [1.165, 1.54) is 18.4 Å². The zero-order valence-corrected chi connectivity index (χ0v) is 15.6. The van der Waals surface area contributed by atoms with Crippen LogP contribution in [0.1, 0.15) is 35.5 Å². The van der Waals surface area contributed by atoms with Gasteiger partial charge in [-0.05, 0) is 44.2 Å². The van der Waals surface area contributed by atoms with Gasteiger partial charge in [-0.1, -0.05) is 0 Å². The summed E-state index contributed by atoms with van der Waals surface area (Å²) in [6.45, 7) is 8.66. The number of nitrogens with one attached hydrogen (secondary N) is 1. The predicted octanol–water partition coefficient (Wildman–Crippen LogP) is 0.971. The molecule has 1 saturated heterocycles. The first-order valence-corrected chi connectivity index (χ1v) is 9.73. The molecule has 4 rings (SSSR count). The molecule has 1 aliphatic heterocycles. The van der Waals surface area contributed by atoms with Gasteiger partial charge in [0.05, 0.1) is 17.9 Å². The van der Waals surface area contributed by atoms with Gasteiger partial charge in [-0.2, -0.15) is 10.2 Å². The van der Waals surface area contributed by atoms with Gasteiger partial charge in [0.15, 0.2) is 0 Å². The highest BCUT2D eigenvalue weighted by Crippen LogP contribution is 2.16. The van der Waals surface area contributed by atoms with E-state index in [0.29, 0.717) is 6.54 Å². The van der Waals surface area contributed by atoms with Crippen LogP contribution in [0, 0.1) is 6.92 Å². The molecular weight excluding hydrogens is 328 g/mol. The monoisotopic (exact) mass is 356 g/mol. The van der Waals surface area contributed by atoms with Crippen LogP contribution in [-0.2, 0) is 25.9 Å². The lowest BCUT2D eigenvalue weighted by atomic mass is 9.97. The number of H-pyrrole nitrogens is 1. The van der Waals surface area contributed by atoms with Gasteiger partial charge in [0.1, 0.15) is 0 Å². The summed E-state index contributed by atoms with van der Waals surface area (Å²) in [6, 6.07) is 3.92. The summed E-state index contributed by atoms with van der Waals surface area (Å²) in [5, 5.41) is 12.0. The Hall–Kier alpha value is -1.99. The van der Waals surface area contributed by atoms with E-state index in [1.54, 1.807) is 4.68 Å². The Bertz CT molecular complexity index is 803. The van der Waals surface area contributed by atoms with E-state index in [-0.39, 0.29) is 5.56 Å². The normalized spacial score (nSPS) is 18.8. The highest BCUT2D eigenvalue weighted by atomic mass is 16.1. The Morgan fingerprint density at radius 3 is 2.58 bits per heavy atom. The van der Waals surface area contributed by atoms with Gasteiger partial charge in [-0.3, -0.25) is 19.7 Å². The number of piperazine rings is 1. The maximum atomic E-state index is 12.3. The van der Waals surface area contributed by atoms with Crippen LogP contribution >= 0.6 is 0 Å². The van der Waals surface area contributed by atoms with Crippen molar-refractivity contribution in [3.05, 3.63) is 45.1 Å². The molecule has 0 spiro atoms. The molecule has 140 valence electrons. The van der Waals surface area contributed by atoms with Crippen molar-refractivity contribution in [3.63, 3.8) is 0 Å². The molecule has 0 amide bonds. The standard InChI is InChI=1S/C19H28N6O/c1-15-12-17(21-20-15)14-24-8-6-23(7-9-24)10-11-25-19(26)13-16-4-2-3-5-18(16)22-25/h12-13H,2-11,14H2,1H3,(H,20,21). The molecule has 1 aliphatic carbocycles. The molecule has 0 unspecified atom stereocenters. The van der Waals surface area contributed by atoms with Crippen LogP contribution in [0.2, 0.25) is 0 Å². The van der Waals surface area contributed by atoms with Crippen molar-refractivity contribution in [1.82, 2.24) is 29.8 Å². The topological polar surface area (TPSA) is 70.1 Å². The highest BCUT2D eigenvalue weighted by Gasteiger charge is 2.18. The second kappa shape index (κ2) is 7.72. The smallest absolute Gasteiger partial charge is 0.267 e. The maximum absolute atomic E-state index is 12.3. The van der Waals surface area contributed by atoms with Gasteiger partial charge in [0.2, 0.25) is 0 Å². The Labute approximate surface area is 154 Å². The third kappa shape index (κ3) is 4.04. The molecule has 3 heterocycles. The van der Waals surface area contributed by atoms with Crippen molar-refractivity contribution in [2.45, 2.75) is 45.7 Å². The van der Waals surface area contributed by atoms with Crippen molar-refractivity contribution in [2.75, 3.05) is 32.7 Å². The number of hydrogen-bond donors (Lipinski definition) is 1. The van der Waals surface area contributed by atoms with Crippen LogP contribution in [0.25, 0.3) is 0 Å². The van der Waals surface area contributed by atoms with Gasteiger partial charge in [-0.15, -0.1) is 0 Å². The van der Waals surface area contributed by atoms with E-state index in [4.69, 9.17) is 0 Å². The van der Waals surface area contributed by atoms with Crippen molar-refractivity contribution in [1.29, 1.82) is 0 Å². The molecule has 2 aromatic rings. The van der Waals surface area contributed by atoms with E-state index in [1.807, 2.05) is 13.0 Å². The fourth-order valence-electron chi connectivity index (χ4n) is 3.95. The summed E-state index contributed by atoms with van der Waals surface area (Å²) < 4.78 is 1.67. The molecule has 26 heavy (non-hydrogen) atoms. The molecular formula is C19H28N6O. The van der Waals surface area contributed by atoms with Crippen LogP contribution in [0.15, 0.2) is 16.9 Å². The summed E-state index contributed by atoms with van der Waals surface area (Å²) in [5.41, 5.74) is 4.58. The molecule has 0 saturated carbocycles. The minimum atomic E-state index is 0.0539. The maximum Gasteiger partial charge on any atom is 0.267 e. The van der Waals surface area contributed by atoms with Crippen LogP contribution in [0.4, 0.5) is 0 Å². The van der Waals surface area contributed by atoms with E-state index in [2.05, 4.69) is 31.2 Å². The van der Waals surface area contributed by atoms with Crippen molar-refractivity contribution >= 4 is 0 Å². The minimum absolute atomic E-state index is 0.0539. The summed E-state index contributed by atoms with van der Waals surface area (Å²) in [4.78, 5) is 17.2. The number of nitrogens with zero attached hydrogens (tertiary/aromatic N) is 5. The molecule has 0 atom stereocenters. The molecule has 0 bridgehead atoms. The van der Waals surface area contributed by atoms with Crippen LogP contribution in [0.3, 0.4) is 0 Å². The third-order valence-electron chi connectivity index (χ3n) is 5.51. The summed E-state index contributed by atoms with van der Waals surface area (Å²) >= 11 is 0. The highest BCUT2D eigenvalue weighted by molar-refractivity contribution is 5.20. The first-order chi connectivity index (χ1) is 12.7. The van der Waals surface area contributed by atoms with Crippen molar-refractivity contribution in [3.8, 4) is 0 Å². The second-order valence-electron chi connectivity index (χ2n) is 7.54. The molecule has 0 radical (unpaired) electrons. The lowest BCUT2D eigenvalue weighted by Crippen LogP contribution is -2.47. The van der Waals surface area contributed by atoms with Gasteiger partial charge in [-0.25, -0.2) is 4.68 Å². The van der Waals surface area contributed by atoms with E-state index in [0.717, 1.165) is 69.2 Å². The number of fused-ring (bicyclic) bond motifs is 1. The second-order valence-corrected chi connectivity index (χ2v) is 7.54. The van der Waals surface area contributed by atoms with E-state index in [9.17, 15) is 4.79 Å². The lowest BCUT2D eigenvalue weighted by Gasteiger charge is -2.34. The van der Waals surface area contributed by atoms with E-state index >= 15 is 0 Å². The first kappa shape index (κ1) is 17.4. The summed E-state index contributed by atoms with van der Waals surface area (Å²) in [6.07, 6.45) is 4.40. The Kier molecular flexibility index (Phi) is 5.17. The number of aryl methyl sites for hydroxylation is 3. The average Bonchev–Trinajstić information content (AvgIpc) is 3.06. The Morgan fingerprint density at radius 1 is 1.04 bits per heavy atom. The molecule has 7 nitrogen and oxygen atoms in total. The van der Waals surface area contributed by atoms with Gasteiger partial charge >= 0.3 is 0 Å². The van der Waals surface area contributed by atoms with Crippen LogP contribution in [-0.4, -0.2) is 62.5 Å². The predicted molar refractivity (Wildman–Crippen MR) is 100 cm³/mol. The van der Waals surface area contributed by atoms with Crippen LogP contribution in [0.5, 0.6) is 0 Å². The summed E-state index contributed by atoms with van der Waals surface area (Å²) in [5.74, 6) is 0. The third-order valence-corrected chi connectivity index (χ3v) is 5.51. The SMILES string of the molecule is Cc1cc(CN2CCN(CCn3nc4c(cc3=O)CCCC4)CC2)n[nH]1. The molecule has 1 N–H and O–H groups in total.